The van der Waals surface area contributed by atoms with E-state index < -0.39 is 0 Å². The fourth-order valence-corrected chi connectivity index (χ4v) is 3.41. The molecule has 0 heterocycles. The van der Waals surface area contributed by atoms with Gasteiger partial charge in [0.15, 0.2) is 0 Å². The molecule has 3 saturated carbocycles. The highest BCUT2D eigenvalue weighted by Gasteiger charge is 2.33. The quantitative estimate of drug-likeness (QED) is 0.666. The Hall–Kier alpha value is -0.0800. The first-order valence-electron chi connectivity index (χ1n) is 8.36. The Bertz CT molecular complexity index is 239. The van der Waals surface area contributed by atoms with Crippen molar-refractivity contribution in [1.82, 2.24) is 10.2 Å². The summed E-state index contributed by atoms with van der Waals surface area (Å²) in [5.41, 5.74) is 0. The van der Waals surface area contributed by atoms with Gasteiger partial charge in [-0.1, -0.05) is 19.3 Å². The molecule has 2 nitrogen and oxygen atoms in total. The fourth-order valence-electron chi connectivity index (χ4n) is 3.41. The molecule has 0 aromatic rings. The van der Waals surface area contributed by atoms with Crippen LogP contribution in [-0.4, -0.2) is 37.1 Å². The second-order valence-corrected chi connectivity index (χ2v) is 6.88. The van der Waals surface area contributed by atoms with E-state index in [1.165, 1.54) is 84.0 Å². The topological polar surface area (TPSA) is 15.3 Å². The van der Waals surface area contributed by atoms with Crippen LogP contribution < -0.4 is 5.32 Å². The van der Waals surface area contributed by atoms with Crippen molar-refractivity contribution in [2.45, 2.75) is 63.8 Å². The van der Waals surface area contributed by atoms with Gasteiger partial charge < -0.3 is 5.32 Å². The number of hydrogen-bond donors (Lipinski definition) is 1. The van der Waals surface area contributed by atoms with Crippen LogP contribution in [0.5, 0.6) is 0 Å². The third kappa shape index (κ3) is 4.24. The number of rotatable bonds is 8. The summed E-state index contributed by atoms with van der Waals surface area (Å²) in [7, 11) is 0. The van der Waals surface area contributed by atoms with Crippen molar-refractivity contribution in [3.63, 3.8) is 0 Å². The van der Waals surface area contributed by atoms with E-state index in [0.717, 1.165) is 17.9 Å². The zero-order valence-electron chi connectivity index (χ0n) is 11.9. The molecular formula is C16H30N2. The van der Waals surface area contributed by atoms with Crippen LogP contribution in [-0.2, 0) is 0 Å². The molecule has 0 aromatic heterocycles. The van der Waals surface area contributed by atoms with Gasteiger partial charge in [0, 0.05) is 25.7 Å². The summed E-state index contributed by atoms with van der Waals surface area (Å²) in [5.74, 6) is 2.04. The Morgan fingerprint density at radius 3 is 2.28 bits per heavy atom. The molecule has 1 N–H and O–H groups in total. The summed E-state index contributed by atoms with van der Waals surface area (Å²) in [4.78, 5) is 2.77. The smallest absolute Gasteiger partial charge is 0.0110 e. The van der Waals surface area contributed by atoms with Gasteiger partial charge in [-0.15, -0.1) is 0 Å². The molecule has 0 radical (unpaired) electrons. The van der Waals surface area contributed by atoms with Crippen LogP contribution in [0.2, 0.25) is 0 Å². The first-order valence-corrected chi connectivity index (χ1v) is 8.36. The van der Waals surface area contributed by atoms with Crippen LogP contribution in [0.4, 0.5) is 0 Å². The normalized spacial score (nSPS) is 25.8. The first-order chi connectivity index (χ1) is 8.92. The number of nitrogens with zero attached hydrogens (tertiary/aromatic N) is 1. The lowest BCUT2D eigenvalue weighted by Crippen LogP contribution is -2.36. The number of nitrogens with one attached hydrogen (secondary N) is 1. The zero-order valence-corrected chi connectivity index (χ0v) is 11.9. The van der Waals surface area contributed by atoms with Crippen LogP contribution in [0.1, 0.15) is 57.8 Å². The summed E-state index contributed by atoms with van der Waals surface area (Å²) in [6, 6.07) is 0.960. The van der Waals surface area contributed by atoms with Crippen LogP contribution >= 0.6 is 0 Å². The molecule has 2 heteroatoms. The fraction of sp³-hybridized carbons (Fsp3) is 1.00. The zero-order chi connectivity index (χ0) is 12.2. The van der Waals surface area contributed by atoms with Gasteiger partial charge in [-0.3, -0.25) is 4.90 Å². The van der Waals surface area contributed by atoms with Crippen molar-refractivity contribution in [3.8, 4) is 0 Å². The maximum atomic E-state index is 3.72. The molecule has 3 rings (SSSR count). The van der Waals surface area contributed by atoms with Crippen LogP contribution in [0.25, 0.3) is 0 Å². The lowest BCUT2D eigenvalue weighted by Gasteiger charge is -2.24. The van der Waals surface area contributed by atoms with Gasteiger partial charge >= 0.3 is 0 Å². The summed E-state index contributed by atoms with van der Waals surface area (Å²) in [6.07, 6.45) is 13.3. The molecule has 3 fully saturated rings. The van der Waals surface area contributed by atoms with E-state index in [0.29, 0.717) is 0 Å². The van der Waals surface area contributed by atoms with Gasteiger partial charge in [-0.05, 0) is 56.9 Å². The predicted octanol–water partition coefficient (Wildman–Crippen LogP) is 3.03. The first kappa shape index (κ1) is 12.9. The molecule has 0 atom stereocenters. The molecule has 0 saturated heterocycles. The van der Waals surface area contributed by atoms with Crippen molar-refractivity contribution in [2.75, 3.05) is 26.2 Å². The monoisotopic (exact) mass is 250 g/mol. The Morgan fingerprint density at radius 1 is 0.833 bits per heavy atom. The molecule has 104 valence electrons. The molecule has 0 spiro atoms. The molecule has 18 heavy (non-hydrogen) atoms. The molecule has 3 aliphatic rings. The highest BCUT2D eigenvalue weighted by atomic mass is 15.2. The van der Waals surface area contributed by atoms with Crippen LogP contribution in [0.3, 0.4) is 0 Å². The van der Waals surface area contributed by atoms with Gasteiger partial charge in [0.05, 0.1) is 0 Å². The maximum Gasteiger partial charge on any atom is 0.0110 e. The third-order valence-electron chi connectivity index (χ3n) is 4.99. The molecule has 0 aromatic carbocycles. The lowest BCUT2D eigenvalue weighted by atomic mass is 9.89. The van der Waals surface area contributed by atoms with E-state index in [1.807, 2.05) is 0 Å². The number of hydrogen-bond acceptors (Lipinski definition) is 2. The average molecular weight is 250 g/mol. The van der Waals surface area contributed by atoms with Gasteiger partial charge in [0.25, 0.3) is 0 Å². The Morgan fingerprint density at radius 2 is 1.61 bits per heavy atom. The minimum atomic E-state index is 0.960. The second kappa shape index (κ2) is 6.38. The predicted molar refractivity (Wildman–Crippen MR) is 76.8 cm³/mol. The van der Waals surface area contributed by atoms with E-state index in [4.69, 9.17) is 0 Å². The summed E-state index contributed by atoms with van der Waals surface area (Å²) >= 11 is 0. The van der Waals surface area contributed by atoms with E-state index >= 15 is 0 Å². The van der Waals surface area contributed by atoms with E-state index in [1.54, 1.807) is 0 Å². The van der Waals surface area contributed by atoms with Crippen LogP contribution in [0.15, 0.2) is 0 Å². The van der Waals surface area contributed by atoms with Crippen molar-refractivity contribution >= 4 is 0 Å². The SMILES string of the molecule is C1CCC(CNCCN(CC2CC2)C2CC2)CC1. The van der Waals surface area contributed by atoms with E-state index in [9.17, 15) is 0 Å². The summed E-state index contributed by atoms with van der Waals surface area (Å²) < 4.78 is 0. The van der Waals surface area contributed by atoms with Crippen molar-refractivity contribution in [3.05, 3.63) is 0 Å². The molecule has 0 amide bonds. The molecule has 0 aliphatic heterocycles. The highest BCUT2D eigenvalue weighted by Crippen LogP contribution is 2.34. The van der Waals surface area contributed by atoms with Gasteiger partial charge in [-0.25, -0.2) is 0 Å². The molecule has 0 unspecified atom stereocenters. The van der Waals surface area contributed by atoms with E-state index in [2.05, 4.69) is 10.2 Å². The van der Waals surface area contributed by atoms with Gasteiger partial charge in [-0.2, -0.15) is 0 Å². The van der Waals surface area contributed by atoms with Crippen molar-refractivity contribution in [2.24, 2.45) is 11.8 Å². The van der Waals surface area contributed by atoms with Crippen LogP contribution in [0, 0.1) is 11.8 Å². The Labute approximate surface area is 113 Å². The molecular weight excluding hydrogens is 220 g/mol. The summed E-state index contributed by atoms with van der Waals surface area (Å²) in [6.45, 7) is 5.20. The van der Waals surface area contributed by atoms with Crippen molar-refractivity contribution in [1.29, 1.82) is 0 Å². The summed E-state index contributed by atoms with van der Waals surface area (Å²) in [5, 5.41) is 3.72. The maximum absolute atomic E-state index is 3.72. The third-order valence-corrected chi connectivity index (χ3v) is 4.99. The standard InChI is InChI=1S/C16H30N2/c1-2-4-14(5-3-1)12-17-10-11-18(16-8-9-16)13-15-6-7-15/h14-17H,1-13H2. The highest BCUT2D eigenvalue weighted by molar-refractivity contribution is 4.88. The minimum absolute atomic E-state index is 0.960. The van der Waals surface area contributed by atoms with E-state index in [-0.39, 0.29) is 0 Å². The van der Waals surface area contributed by atoms with Gasteiger partial charge in [0.2, 0.25) is 0 Å². The van der Waals surface area contributed by atoms with Gasteiger partial charge in [0.1, 0.15) is 0 Å². The molecule has 0 bridgehead atoms. The largest absolute Gasteiger partial charge is 0.315 e. The minimum Gasteiger partial charge on any atom is -0.315 e. The lowest BCUT2D eigenvalue weighted by molar-refractivity contribution is 0.247. The second-order valence-electron chi connectivity index (χ2n) is 6.88. The molecule has 3 aliphatic carbocycles. The Balaban J connectivity index is 1.27. The Kier molecular flexibility index (Phi) is 4.58. The van der Waals surface area contributed by atoms with Crippen molar-refractivity contribution < 1.29 is 0 Å². The average Bonchev–Trinajstić information content (AvgIpc) is 3.28.